The van der Waals surface area contributed by atoms with Gasteiger partial charge < -0.3 is 15.2 Å². The molecule has 0 spiro atoms. The molecule has 26 heavy (non-hydrogen) atoms. The maximum atomic E-state index is 13.0. The predicted molar refractivity (Wildman–Crippen MR) is 95.7 cm³/mol. The number of halogens is 2. The molecule has 5 nitrogen and oxygen atoms in total. The first-order chi connectivity index (χ1) is 12.5. The molecule has 7 heteroatoms. The van der Waals surface area contributed by atoms with Crippen molar-refractivity contribution in [2.45, 2.75) is 25.3 Å². The number of benzene rings is 2. The number of hydrogen-bond acceptors (Lipinski definition) is 3. The molecule has 0 saturated carbocycles. The van der Waals surface area contributed by atoms with Crippen LogP contribution in [0, 0.1) is 5.82 Å². The van der Waals surface area contributed by atoms with Gasteiger partial charge in [-0.15, -0.1) is 0 Å². The van der Waals surface area contributed by atoms with Crippen LogP contribution >= 0.6 is 11.6 Å². The Balaban J connectivity index is 1.84. The minimum absolute atomic E-state index is 0.168. The Morgan fingerprint density at radius 3 is 2.50 bits per heavy atom. The first kappa shape index (κ1) is 19.7. The molecule has 2 aromatic carbocycles. The number of para-hydroxylation sites is 1. The molecular weight excluding hydrogens is 361 g/mol. The minimum atomic E-state index is -1.05. The van der Waals surface area contributed by atoms with E-state index in [1.165, 1.54) is 24.3 Å². The third kappa shape index (κ3) is 6.37. The van der Waals surface area contributed by atoms with E-state index in [1.807, 2.05) is 0 Å². The first-order valence-corrected chi connectivity index (χ1v) is 8.47. The van der Waals surface area contributed by atoms with E-state index < -0.39 is 17.8 Å². The molecule has 0 saturated heterocycles. The van der Waals surface area contributed by atoms with E-state index in [2.05, 4.69) is 5.32 Å². The monoisotopic (exact) mass is 379 g/mol. The van der Waals surface area contributed by atoms with Gasteiger partial charge in [-0.3, -0.25) is 9.59 Å². The van der Waals surface area contributed by atoms with Gasteiger partial charge in [-0.25, -0.2) is 4.39 Å². The Hall–Kier alpha value is -2.60. The lowest BCUT2D eigenvalue weighted by Gasteiger charge is -2.17. The van der Waals surface area contributed by atoms with Gasteiger partial charge in [0.25, 0.3) is 0 Å². The molecule has 1 atom stereocenters. The smallest absolute Gasteiger partial charge is 0.305 e. The molecule has 0 aliphatic carbocycles. The Bertz CT molecular complexity index is 751. The predicted octanol–water partition coefficient (Wildman–Crippen LogP) is 3.97. The molecule has 0 bridgehead atoms. The van der Waals surface area contributed by atoms with E-state index in [0.29, 0.717) is 29.4 Å². The number of ether oxygens (including phenoxy) is 1. The summed E-state index contributed by atoms with van der Waals surface area (Å²) in [5.41, 5.74) is 0.537. The maximum Gasteiger partial charge on any atom is 0.305 e. The zero-order valence-electron chi connectivity index (χ0n) is 14.0. The number of nitrogens with one attached hydrogen (secondary N) is 1. The lowest BCUT2D eigenvalue weighted by atomic mass is 10.0. The summed E-state index contributed by atoms with van der Waals surface area (Å²) >= 11 is 5.98. The fourth-order valence-electron chi connectivity index (χ4n) is 2.37. The summed E-state index contributed by atoms with van der Waals surface area (Å²) in [6.07, 6.45) is 0.329. The Kier molecular flexibility index (Phi) is 7.41. The standard InChI is InChI=1S/C19H19ClFNO4/c20-15-4-1-2-5-17(15)26-11-3-6-18(23)22-16(12-19(24)25)13-7-9-14(21)10-8-13/h1-2,4-5,7-10,16H,3,6,11-12H2,(H,22,23)(H,24,25). The van der Waals surface area contributed by atoms with Gasteiger partial charge in [-0.2, -0.15) is 0 Å². The van der Waals surface area contributed by atoms with Crippen LogP contribution in [0.5, 0.6) is 5.75 Å². The van der Waals surface area contributed by atoms with Crippen LogP contribution in [0.15, 0.2) is 48.5 Å². The molecule has 0 aromatic heterocycles. The lowest BCUT2D eigenvalue weighted by molar-refractivity contribution is -0.137. The molecular formula is C19H19ClFNO4. The number of carboxylic acid groups (broad SMARTS) is 1. The van der Waals surface area contributed by atoms with Crippen LogP contribution in [-0.4, -0.2) is 23.6 Å². The highest BCUT2D eigenvalue weighted by molar-refractivity contribution is 6.32. The van der Waals surface area contributed by atoms with Crippen LogP contribution in [0.2, 0.25) is 5.02 Å². The number of carbonyl (C=O) groups excluding carboxylic acids is 1. The summed E-state index contributed by atoms with van der Waals surface area (Å²) in [4.78, 5) is 23.1. The topological polar surface area (TPSA) is 75.6 Å². The maximum absolute atomic E-state index is 13.0. The largest absolute Gasteiger partial charge is 0.492 e. The van der Waals surface area contributed by atoms with Crippen LogP contribution in [0.1, 0.15) is 30.9 Å². The van der Waals surface area contributed by atoms with E-state index in [9.17, 15) is 14.0 Å². The van der Waals surface area contributed by atoms with Gasteiger partial charge in [0.2, 0.25) is 5.91 Å². The number of aliphatic carboxylic acids is 1. The summed E-state index contributed by atoms with van der Waals surface area (Å²) in [7, 11) is 0. The SMILES string of the molecule is O=C(O)CC(NC(=O)CCCOc1ccccc1Cl)c1ccc(F)cc1. The van der Waals surface area contributed by atoms with Crippen molar-refractivity contribution in [1.29, 1.82) is 0 Å². The van der Waals surface area contributed by atoms with Crippen molar-refractivity contribution in [2.24, 2.45) is 0 Å². The summed E-state index contributed by atoms with van der Waals surface area (Å²) in [6.45, 7) is 0.303. The second-order valence-electron chi connectivity index (χ2n) is 5.65. The van der Waals surface area contributed by atoms with Gasteiger partial charge in [-0.05, 0) is 36.2 Å². The van der Waals surface area contributed by atoms with Crippen LogP contribution < -0.4 is 10.1 Å². The molecule has 138 valence electrons. The molecule has 0 radical (unpaired) electrons. The van der Waals surface area contributed by atoms with E-state index in [1.54, 1.807) is 24.3 Å². The normalized spacial score (nSPS) is 11.6. The molecule has 2 aromatic rings. The summed E-state index contributed by atoms with van der Waals surface area (Å²) in [5.74, 6) is -1.24. The van der Waals surface area contributed by atoms with Gasteiger partial charge >= 0.3 is 5.97 Å². The van der Waals surface area contributed by atoms with Gasteiger partial charge in [0.15, 0.2) is 0 Å². The van der Waals surface area contributed by atoms with Crippen molar-refractivity contribution < 1.29 is 23.8 Å². The van der Waals surface area contributed by atoms with Gasteiger partial charge in [0.1, 0.15) is 11.6 Å². The zero-order chi connectivity index (χ0) is 18.9. The van der Waals surface area contributed by atoms with E-state index in [4.69, 9.17) is 21.4 Å². The van der Waals surface area contributed by atoms with Gasteiger partial charge in [0.05, 0.1) is 24.1 Å². The van der Waals surface area contributed by atoms with Gasteiger partial charge in [0, 0.05) is 6.42 Å². The average Bonchev–Trinajstić information content (AvgIpc) is 2.60. The Morgan fingerprint density at radius 2 is 1.85 bits per heavy atom. The van der Waals surface area contributed by atoms with E-state index in [0.717, 1.165) is 0 Å². The highest BCUT2D eigenvalue weighted by Gasteiger charge is 2.18. The van der Waals surface area contributed by atoms with Gasteiger partial charge in [-0.1, -0.05) is 35.9 Å². The van der Waals surface area contributed by atoms with Crippen LogP contribution in [0.4, 0.5) is 4.39 Å². The van der Waals surface area contributed by atoms with Crippen molar-refractivity contribution in [1.82, 2.24) is 5.32 Å². The van der Waals surface area contributed by atoms with Crippen LogP contribution in [0.3, 0.4) is 0 Å². The lowest BCUT2D eigenvalue weighted by Crippen LogP contribution is -2.30. The second-order valence-corrected chi connectivity index (χ2v) is 6.06. The average molecular weight is 380 g/mol. The Labute approximate surface area is 155 Å². The van der Waals surface area contributed by atoms with Crippen molar-refractivity contribution in [3.63, 3.8) is 0 Å². The third-order valence-corrected chi connectivity index (χ3v) is 3.94. The second kappa shape index (κ2) is 9.77. The van der Waals surface area contributed by atoms with Crippen LogP contribution in [0.25, 0.3) is 0 Å². The fraction of sp³-hybridized carbons (Fsp3) is 0.263. The zero-order valence-corrected chi connectivity index (χ0v) is 14.7. The first-order valence-electron chi connectivity index (χ1n) is 8.09. The quantitative estimate of drug-likeness (QED) is 0.646. The van der Waals surface area contributed by atoms with Crippen molar-refractivity contribution in [2.75, 3.05) is 6.61 Å². The molecule has 1 unspecified atom stereocenters. The molecule has 0 heterocycles. The number of amides is 1. The summed E-state index contributed by atoms with van der Waals surface area (Å²) < 4.78 is 18.5. The van der Waals surface area contributed by atoms with Crippen molar-refractivity contribution in [3.05, 3.63) is 64.9 Å². The molecule has 0 aliphatic rings. The molecule has 0 aliphatic heterocycles. The summed E-state index contributed by atoms with van der Waals surface area (Å²) in [5, 5.41) is 12.2. The number of carbonyl (C=O) groups is 2. The molecule has 2 N–H and O–H groups in total. The minimum Gasteiger partial charge on any atom is -0.492 e. The van der Waals surface area contributed by atoms with Crippen molar-refractivity contribution >= 4 is 23.5 Å². The number of rotatable bonds is 9. The van der Waals surface area contributed by atoms with Crippen molar-refractivity contribution in [3.8, 4) is 5.75 Å². The van der Waals surface area contributed by atoms with Crippen LogP contribution in [-0.2, 0) is 9.59 Å². The molecule has 0 fully saturated rings. The Morgan fingerprint density at radius 1 is 1.15 bits per heavy atom. The summed E-state index contributed by atoms with van der Waals surface area (Å²) in [6, 6.07) is 11.7. The fourth-order valence-corrected chi connectivity index (χ4v) is 2.56. The number of hydrogen-bond donors (Lipinski definition) is 2. The number of carboxylic acids is 1. The highest BCUT2D eigenvalue weighted by atomic mass is 35.5. The molecule has 2 rings (SSSR count). The van der Waals surface area contributed by atoms with E-state index >= 15 is 0 Å². The van der Waals surface area contributed by atoms with E-state index in [-0.39, 0.29) is 18.7 Å². The third-order valence-electron chi connectivity index (χ3n) is 3.63. The highest BCUT2D eigenvalue weighted by Crippen LogP contribution is 2.23. The molecule has 1 amide bonds.